The lowest BCUT2D eigenvalue weighted by atomic mass is 9.82. The molecule has 0 saturated heterocycles. The maximum atomic E-state index is 12.4. The van der Waals surface area contributed by atoms with Gasteiger partial charge >= 0.3 is 5.70 Å². The molecule has 0 unspecified atom stereocenters. The summed E-state index contributed by atoms with van der Waals surface area (Å²) in [7, 11) is 1.34. The molecule has 1 aromatic rings. The second-order valence-electron chi connectivity index (χ2n) is 8.54. The summed E-state index contributed by atoms with van der Waals surface area (Å²) in [5, 5.41) is 16.8. The van der Waals surface area contributed by atoms with E-state index in [4.69, 9.17) is 15.6 Å². The molecule has 1 fully saturated rings. The van der Waals surface area contributed by atoms with Crippen molar-refractivity contribution < 1.29 is 14.9 Å². The second-order valence-corrected chi connectivity index (χ2v) is 8.54. The predicted molar refractivity (Wildman–Crippen MR) is 132 cm³/mol. The van der Waals surface area contributed by atoms with E-state index in [1.807, 2.05) is 19.1 Å². The summed E-state index contributed by atoms with van der Waals surface area (Å²) in [4.78, 5) is 22.6. The first-order valence-electron chi connectivity index (χ1n) is 11.8. The van der Waals surface area contributed by atoms with Crippen molar-refractivity contribution in [2.45, 2.75) is 59.4 Å². The molecule has 0 spiro atoms. The first-order valence-corrected chi connectivity index (χ1v) is 11.8. The summed E-state index contributed by atoms with van der Waals surface area (Å²) in [6, 6.07) is 7.22. The minimum atomic E-state index is 0.236. The number of nitrogens with zero attached hydrogens (tertiary/aromatic N) is 2. The highest BCUT2D eigenvalue weighted by atomic mass is 16.8. The van der Waals surface area contributed by atoms with E-state index in [0.29, 0.717) is 41.4 Å². The van der Waals surface area contributed by atoms with Crippen LogP contribution < -0.4 is 16.4 Å². The number of allylic oxidation sites excluding steroid dienone is 2. The summed E-state index contributed by atoms with van der Waals surface area (Å²) < 4.78 is 0. The van der Waals surface area contributed by atoms with Crippen LogP contribution in [0.15, 0.2) is 52.4 Å². The molecule has 8 heteroatoms. The first-order chi connectivity index (χ1) is 15.9. The van der Waals surface area contributed by atoms with Gasteiger partial charge in [-0.1, -0.05) is 25.1 Å². The van der Waals surface area contributed by atoms with Crippen molar-refractivity contribution in [1.29, 1.82) is 0 Å². The molecule has 2 rings (SSSR count). The molecule has 0 amide bonds. The number of benzene rings is 1. The van der Waals surface area contributed by atoms with Crippen LogP contribution in [0.3, 0.4) is 0 Å². The van der Waals surface area contributed by atoms with E-state index in [1.54, 1.807) is 25.1 Å². The zero-order valence-electron chi connectivity index (χ0n) is 20.4. The van der Waals surface area contributed by atoms with Crippen LogP contribution in [0.1, 0.15) is 58.4 Å². The number of hydrogen-bond acceptors (Lipinski definition) is 6. The molecule has 182 valence electrons. The number of rotatable bonds is 11. The smallest absolute Gasteiger partial charge is 0.354 e. The van der Waals surface area contributed by atoms with Gasteiger partial charge in [-0.05, 0) is 82.0 Å². The minimum absolute atomic E-state index is 0.236. The fourth-order valence-corrected chi connectivity index (χ4v) is 3.92. The largest absolute Gasteiger partial charge is 0.508 e. The molecule has 0 aromatic heterocycles. The highest BCUT2D eigenvalue weighted by Crippen LogP contribution is 2.28. The molecule has 0 radical (unpaired) electrons. The molecule has 0 heterocycles. The lowest BCUT2D eigenvalue weighted by Crippen LogP contribution is -2.36. The van der Waals surface area contributed by atoms with Gasteiger partial charge in [-0.3, -0.25) is 4.99 Å². The van der Waals surface area contributed by atoms with Crippen LogP contribution in [-0.2, 0) is 11.4 Å². The lowest BCUT2D eigenvalue weighted by Gasteiger charge is -2.26. The average molecular weight is 459 g/mol. The summed E-state index contributed by atoms with van der Waals surface area (Å²) in [5.74, 6) is 2.54. The Balaban J connectivity index is 2.23. The summed E-state index contributed by atoms with van der Waals surface area (Å²) in [5.41, 5.74) is 8.00. The van der Waals surface area contributed by atoms with Crippen LogP contribution in [0.5, 0.6) is 5.75 Å². The highest BCUT2D eigenvalue weighted by Gasteiger charge is 2.27. The average Bonchev–Trinajstić information content (AvgIpc) is 2.85. The van der Waals surface area contributed by atoms with E-state index in [2.05, 4.69) is 17.6 Å². The Kier molecular flexibility index (Phi) is 10.9. The maximum Gasteiger partial charge on any atom is 0.354 e. The van der Waals surface area contributed by atoms with Crippen LogP contribution in [0.2, 0.25) is 0 Å². The molecular formula is C25H40N5O3+. The lowest BCUT2D eigenvalue weighted by molar-refractivity contribution is -0.756. The van der Waals surface area contributed by atoms with Gasteiger partial charge in [0.1, 0.15) is 11.6 Å². The fraction of sp³-hybridized carbons (Fsp3) is 0.560. The fourth-order valence-electron chi connectivity index (χ4n) is 3.92. The van der Waals surface area contributed by atoms with E-state index < -0.39 is 0 Å². The maximum absolute atomic E-state index is 12.4. The summed E-state index contributed by atoms with van der Waals surface area (Å²) in [6.45, 7) is 7.68. The number of nitrogens with one attached hydrogen (secondary N) is 2. The van der Waals surface area contributed by atoms with E-state index in [9.17, 15) is 10.0 Å². The standard InChI is InChI=1S/C25H39N5O3/c1-5-18(3)24(28-17-21-9-7-8-10-23(21)31)29-25(22(6-2)30(32)33-4)27-16-20-13-11-19(15-26)12-14-20/h6-10,19-20,28H,5,11-17,26H2,1-4H3,(H-,27,29,31)/p+1/b22-6+,24-18+. The highest BCUT2D eigenvalue weighted by molar-refractivity contribution is 5.97. The number of phenols is 1. The number of aliphatic imine (C=N–C) groups is 1. The first kappa shape index (κ1) is 26.4. The van der Waals surface area contributed by atoms with Crippen molar-refractivity contribution in [3.8, 4) is 5.75 Å². The number of para-hydroxylation sites is 1. The third-order valence-corrected chi connectivity index (χ3v) is 6.33. The quantitative estimate of drug-likeness (QED) is 0.225. The van der Waals surface area contributed by atoms with Gasteiger partial charge in [0.05, 0.1) is 4.91 Å². The van der Waals surface area contributed by atoms with Gasteiger partial charge in [-0.15, -0.1) is 0 Å². The second kappa shape index (κ2) is 13.6. The third-order valence-electron chi connectivity index (χ3n) is 6.33. The Morgan fingerprint density at radius 2 is 1.94 bits per heavy atom. The van der Waals surface area contributed by atoms with Crippen molar-refractivity contribution >= 4 is 5.84 Å². The number of aromatic hydroxyl groups is 1. The monoisotopic (exact) mass is 458 g/mol. The predicted octanol–water partition coefficient (Wildman–Crippen LogP) is 4.12. The molecule has 0 aliphatic heterocycles. The van der Waals surface area contributed by atoms with Crippen molar-refractivity contribution in [3.63, 3.8) is 0 Å². The normalized spacial score (nSPS) is 20.2. The summed E-state index contributed by atoms with van der Waals surface area (Å²) in [6.07, 6.45) is 6.95. The zero-order chi connectivity index (χ0) is 24.2. The van der Waals surface area contributed by atoms with E-state index in [-0.39, 0.29) is 5.75 Å². The molecule has 1 aliphatic carbocycles. The van der Waals surface area contributed by atoms with Gasteiger partial charge in [0, 0.05) is 18.7 Å². The molecule has 0 bridgehead atoms. The Labute approximate surface area is 197 Å². The Bertz CT molecular complexity index is 871. The van der Waals surface area contributed by atoms with Crippen molar-refractivity contribution in [3.05, 3.63) is 57.9 Å². The molecule has 5 N–H and O–H groups in total. The van der Waals surface area contributed by atoms with Crippen molar-refractivity contribution in [1.82, 2.24) is 10.6 Å². The van der Waals surface area contributed by atoms with Crippen molar-refractivity contribution in [2.24, 2.45) is 22.6 Å². The summed E-state index contributed by atoms with van der Waals surface area (Å²) >= 11 is 0. The topological polar surface area (TPSA) is 112 Å². The van der Waals surface area contributed by atoms with Gasteiger partial charge in [0.15, 0.2) is 7.11 Å². The Hall–Kier alpha value is -2.87. The number of phenolic OH excluding ortho intramolecular Hbond substituents is 1. The molecule has 1 saturated carbocycles. The van der Waals surface area contributed by atoms with Gasteiger partial charge in [0.25, 0.3) is 4.92 Å². The number of nitrogens with two attached hydrogens (primary N) is 1. The molecule has 1 aromatic carbocycles. The van der Waals surface area contributed by atoms with Crippen molar-refractivity contribution in [2.75, 3.05) is 20.2 Å². The van der Waals surface area contributed by atoms with Crippen LogP contribution >= 0.6 is 0 Å². The zero-order valence-corrected chi connectivity index (χ0v) is 20.4. The van der Waals surface area contributed by atoms with E-state index in [0.717, 1.165) is 55.6 Å². The van der Waals surface area contributed by atoms with Gasteiger partial charge < -0.3 is 21.5 Å². The van der Waals surface area contributed by atoms with Crippen LogP contribution in [0, 0.1) is 16.7 Å². The van der Waals surface area contributed by atoms with Gasteiger partial charge in [-0.25, -0.2) is 4.84 Å². The molecule has 0 atom stereocenters. The SMILES string of the molecule is C/C=C(\C(=NCC1CCC(CN)CC1)N/C(NCc1ccccc1O)=C(\C)CC)[N+](=O)OC. The van der Waals surface area contributed by atoms with E-state index in [1.165, 1.54) is 7.11 Å². The molecule has 8 nitrogen and oxygen atoms in total. The Morgan fingerprint density at radius 3 is 2.52 bits per heavy atom. The third kappa shape index (κ3) is 7.89. The van der Waals surface area contributed by atoms with Gasteiger partial charge in [-0.2, -0.15) is 0 Å². The number of hydrogen-bond donors (Lipinski definition) is 4. The van der Waals surface area contributed by atoms with Crippen LogP contribution in [0.4, 0.5) is 0 Å². The molecule has 1 aliphatic rings. The van der Waals surface area contributed by atoms with Crippen LogP contribution in [-0.4, -0.2) is 36.1 Å². The van der Waals surface area contributed by atoms with E-state index >= 15 is 0 Å². The van der Waals surface area contributed by atoms with Crippen LogP contribution in [0.25, 0.3) is 0 Å². The Morgan fingerprint density at radius 1 is 1.27 bits per heavy atom. The number of amidine groups is 1. The van der Waals surface area contributed by atoms with Gasteiger partial charge in [0.2, 0.25) is 5.84 Å². The minimum Gasteiger partial charge on any atom is -0.508 e. The molecule has 33 heavy (non-hydrogen) atoms. The molecular weight excluding hydrogens is 418 g/mol.